The zero-order valence-electron chi connectivity index (χ0n) is 10.4. The predicted octanol–water partition coefficient (Wildman–Crippen LogP) is 2.27. The van der Waals surface area contributed by atoms with Gasteiger partial charge in [0.2, 0.25) is 5.91 Å². The topological polar surface area (TPSA) is 55.1 Å². The van der Waals surface area contributed by atoms with Crippen molar-refractivity contribution < 1.29 is 13.6 Å². The average Bonchev–Trinajstić information content (AvgIpc) is 2.32. The summed E-state index contributed by atoms with van der Waals surface area (Å²) in [5.74, 6) is -1.22. The minimum atomic E-state index is -0.550. The van der Waals surface area contributed by atoms with Crippen LogP contribution in [0.5, 0.6) is 0 Å². The molecule has 0 aliphatic rings. The van der Waals surface area contributed by atoms with Gasteiger partial charge in [0.05, 0.1) is 6.04 Å². The number of halogens is 2. The Labute approximate surface area is 105 Å². The number of hydrogen-bond donors (Lipinski definition) is 2. The first-order valence-electron chi connectivity index (χ1n) is 5.99. The minimum Gasteiger partial charge on any atom is -0.349 e. The molecule has 1 aromatic carbocycles. The van der Waals surface area contributed by atoms with Gasteiger partial charge in [-0.1, -0.05) is 0 Å². The number of rotatable bonds is 6. The van der Waals surface area contributed by atoms with Gasteiger partial charge in [0.15, 0.2) is 0 Å². The Morgan fingerprint density at radius 1 is 1.39 bits per heavy atom. The second kappa shape index (κ2) is 7.06. The number of carbonyl (C=O) groups is 1. The zero-order chi connectivity index (χ0) is 13.5. The van der Waals surface area contributed by atoms with Crippen LogP contribution in [-0.2, 0) is 4.79 Å². The van der Waals surface area contributed by atoms with Gasteiger partial charge in [0, 0.05) is 12.0 Å². The van der Waals surface area contributed by atoms with Gasteiger partial charge >= 0.3 is 0 Å². The van der Waals surface area contributed by atoms with Gasteiger partial charge in [-0.05, 0) is 44.5 Å². The normalized spacial score (nSPS) is 12.2. The van der Waals surface area contributed by atoms with E-state index in [4.69, 9.17) is 5.73 Å². The Balaban J connectivity index is 2.56. The maximum atomic E-state index is 13.4. The van der Waals surface area contributed by atoms with Crippen LogP contribution in [0.25, 0.3) is 0 Å². The lowest BCUT2D eigenvalue weighted by atomic mass is 10.1. The molecule has 0 radical (unpaired) electrons. The van der Waals surface area contributed by atoms with Crippen LogP contribution in [0.1, 0.15) is 37.8 Å². The van der Waals surface area contributed by atoms with Crippen LogP contribution in [-0.4, -0.2) is 12.5 Å². The summed E-state index contributed by atoms with van der Waals surface area (Å²) in [4.78, 5) is 11.5. The summed E-state index contributed by atoms with van der Waals surface area (Å²) in [5.41, 5.74) is 5.48. The van der Waals surface area contributed by atoms with Crippen LogP contribution >= 0.6 is 0 Å². The average molecular weight is 256 g/mol. The van der Waals surface area contributed by atoms with Crippen molar-refractivity contribution in [2.45, 2.75) is 32.2 Å². The molecule has 3 N–H and O–H groups in total. The van der Waals surface area contributed by atoms with Crippen molar-refractivity contribution in [3.8, 4) is 0 Å². The van der Waals surface area contributed by atoms with E-state index in [1.165, 1.54) is 0 Å². The maximum Gasteiger partial charge on any atom is 0.220 e. The Morgan fingerprint density at radius 2 is 2.11 bits per heavy atom. The van der Waals surface area contributed by atoms with Crippen molar-refractivity contribution in [1.82, 2.24) is 5.32 Å². The molecule has 1 unspecified atom stereocenters. The smallest absolute Gasteiger partial charge is 0.220 e. The molecule has 18 heavy (non-hydrogen) atoms. The molecule has 100 valence electrons. The van der Waals surface area contributed by atoms with Crippen molar-refractivity contribution in [3.05, 3.63) is 35.4 Å². The van der Waals surface area contributed by atoms with Crippen LogP contribution in [0.2, 0.25) is 0 Å². The molecule has 1 atom stereocenters. The summed E-state index contributed by atoms with van der Waals surface area (Å²) in [6, 6.07) is 2.65. The van der Waals surface area contributed by atoms with Crippen LogP contribution in [0, 0.1) is 11.6 Å². The molecule has 0 aliphatic heterocycles. The monoisotopic (exact) mass is 256 g/mol. The number of benzene rings is 1. The third kappa shape index (κ3) is 4.41. The summed E-state index contributed by atoms with van der Waals surface area (Å²) in [6.45, 7) is 2.17. The van der Waals surface area contributed by atoms with Crippen LogP contribution in [0.4, 0.5) is 8.78 Å². The van der Waals surface area contributed by atoms with Crippen LogP contribution in [0.3, 0.4) is 0 Å². The fraction of sp³-hybridized carbons (Fsp3) is 0.462. The third-order valence-electron chi connectivity index (χ3n) is 2.66. The molecule has 1 rings (SSSR count). The Kier molecular flexibility index (Phi) is 5.71. The minimum absolute atomic E-state index is 0.155. The lowest BCUT2D eigenvalue weighted by molar-refractivity contribution is -0.121. The highest BCUT2D eigenvalue weighted by atomic mass is 19.1. The highest BCUT2D eigenvalue weighted by Gasteiger charge is 2.14. The molecule has 5 heteroatoms. The Morgan fingerprint density at radius 3 is 2.78 bits per heavy atom. The quantitative estimate of drug-likeness (QED) is 0.767. The van der Waals surface area contributed by atoms with E-state index in [0.29, 0.717) is 19.4 Å². The van der Waals surface area contributed by atoms with E-state index < -0.39 is 17.7 Å². The van der Waals surface area contributed by atoms with E-state index in [2.05, 4.69) is 5.32 Å². The summed E-state index contributed by atoms with van der Waals surface area (Å²) >= 11 is 0. The molecule has 0 bridgehead atoms. The first-order valence-corrected chi connectivity index (χ1v) is 5.99. The molecule has 0 heterocycles. The number of carbonyl (C=O) groups excluding carboxylic acids is 1. The first-order chi connectivity index (χ1) is 8.54. The maximum absolute atomic E-state index is 13.4. The lowest BCUT2D eigenvalue weighted by Gasteiger charge is -2.15. The highest BCUT2D eigenvalue weighted by Crippen LogP contribution is 2.18. The van der Waals surface area contributed by atoms with E-state index in [-0.39, 0.29) is 11.5 Å². The van der Waals surface area contributed by atoms with Gasteiger partial charge in [-0.3, -0.25) is 4.79 Å². The van der Waals surface area contributed by atoms with E-state index in [1.807, 2.05) is 0 Å². The molecule has 0 saturated heterocycles. The third-order valence-corrected chi connectivity index (χ3v) is 2.66. The summed E-state index contributed by atoms with van der Waals surface area (Å²) in [7, 11) is 0. The largest absolute Gasteiger partial charge is 0.349 e. The van der Waals surface area contributed by atoms with E-state index in [1.54, 1.807) is 6.92 Å². The van der Waals surface area contributed by atoms with E-state index in [0.717, 1.165) is 24.6 Å². The lowest BCUT2D eigenvalue weighted by Crippen LogP contribution is -2.27. The summed E-state index contributed by atoms with van der Waals surface area (Å²) in [6.07, 6.45) is 1.81. The van der Waals surface area contributed by atoms with Crippen LogP contribution < -0.4 is 11.1 Å². The predicted molar refractivity (Wildman–Crippen MR) is 65.8 cm³/mol. The highest BCUT2D eigenvalue weighted by molar-refractivity contribution is 5.76. The Bertz CT molecular complexity index is 410. The number of nitrogens with one attached hydrogen (secondary N) is 1. The fourth-order valence-corrected chi connectivity index (χ4v) is 1.67. The van der Waals surface area contributed by atoms with Gasteiger partial charge in [0.25, 0.3) is 0 Å². The SMILES string of the molecule is CC(NC(=O)CCCCN)c1cc(F)ccc1F. The number of amides is 1. The van der Waals surface area contributed by atoms with Crippen molar-refractivity contribution in [2.75, 3.05) is 6.54 Å². The van der Waals surface area contributed by atoms with Gasteiger partial charge in [0.1, 0.15) is 11.6 Å². The zero-order valence-corrected chi connectivity index (χ0v) is 10.4. The first kappa shape index (κ1) is 14.6. The van der Waals surface area contributed by atoms with Gasteiger partial charge < -0.3 is 11.1 Å². The van der Waals surface area contributed by atoms with E-state index >= 15 is 0 Å². The van der Waals surface area contributed by atoms with Gasteiger partial charge in [-0.25, -0.2) is 8.78 Å². The second-order valence-electron chi connectivity index (χ2n) is 4.20. The van der Waals surface area contributed by atoms with Crippen molar-refractivity contribution in [2.24, 2.45) is 5.73 Å². The number of nitrogens with two attached hydrogens (primary N) is 1. The van der Waals surface area contributed by atoms with Crippen LogP contribution in [0.15, 0.2) is 18.2 Å². The Hall–Kier alpha value is -1.49. The molecular weight excluding hydrogens is 238 g/mol. The molecule has 0 spiro atoms. The summed E-state index contributed by atoms with van der Waals surface area (Å²) < 4.78 is 26.4. The molecule has 1 amide bonds. The van der Waals surface area contributed by atoms with Gasteiger partial charge in [-0.15, -0.1) is 0 Å². The molecule has 0 aliphatic carbocycles. The molecular formula is C13H18F2N2O. The summed E-state index contributed by atoms with van der Waals surface area (Å²) in [5, 5.41) is 2.64. The fourth-order valence-electron chi connectivity index (χ4n) is 1.67. The van der Waals surface area contributed by atoms with Crippen molar-refractivity contribution >= 4 is 5.91 Å². The number of hydrogen-bond acceptors (Lipinski definition) is 2. The molecule has 0 saturated carbocycles. The molecule has 1 aromatic rings. The molecule has 0 fully saturated rings. The second-order valence-corrected chi connectivity index (χ2v) is 4.20. The molecule has 0 aromatic heterocycles. The van der Waals surface area contributed by atoms with Crippen molar-refractivity contribution in [3.63, 3.8) is 0 Å². The van der Waals surface area contributed by atoms with Gasteiger partial charge in [-0.2, -0.15) is 0 Å². The number of unbranched alkanes of at least 4 members (excludes halogenated alkanes) is 1. The molecule has 3 nitrogen and oxygen atoms in total. The van der Waals surface area contributed by atoms with Crippen molar-refractivity contribution in [1.29, 1.82) is 0 Å². The van der Waals surface area contributed by atoms with E-state index in [9.17, 15) is 13.6 Å². The standard InChI is InChI=1S/C13H18F2N2O/c1-9(17-13(18)4-2-3-7-16)11-8-10(14)5-6-12(11)15/h5-6,8-9H,2-4,7,16H2,1H3,(H,17,18).